The average molecular weight is 195 g/mol. The molecule has 0 atom stereocenters. The number of hydrogen-bond acceptors (Lipinski definition) is 5. The van der Waals surface area contributed by atoms with E-state index >= 15 is 0 Å². The van der Waals surface area contributed by atoms with E-state index in [-0.39, 0.29) is 0 Å². The van der Waals surface area contributed by atoms with Gasteiger partial charge in [0.1, 0.15) is 18.0 Å². The van der Waals surface area contributed by atoms with Gasteiger partial charge in [-0.1, -0.05) is 0 Å². The van der Waals surface area contributed by atoms with E-state index in [0.717, 1.165) is 24.5 Å². The van der Waals surface area contributed by atoms with Gasteiger partial charge < -0.3 is 16.0 Å². The summed E-state index contributed by atoms with van der Waals surface area (Å²) < 4.78 is 0. The van der Waals surface area contributed by atoms with E-state index in [1.807, 2.05) is 21.0 Å². The van der Waals surface area contributed by atoms with Crippen LogP contribution in [0.4, 0.5) is 11.6 Å². The largest absolute Gasteiger partial charge is 0.383 e. The standard InChI is InChI=1S/C9H17N5/c1-7-8(10)12-6-13-9(7)11-4-5-14(2)3/h6H,4-5H2,1-3H3,(H3,10,11,12,13). The number of nitrogens with two attached hydrogens (primary N) is 1. The van der Waals surface area contributed by atoms with Crippen molar-refractivity contribution in [1.29, 1.82) is 0 Å². The summed E-state index contributed by atoms with van der Waals surface area (Å²) in [5.74, 6) is 1.35. The highest BCUT2D eigenvalue weighted by Gasteiger charge is 2.02. The molecule has 0 bridgehead atoms. The van der Waals surface area contributed by atoms with Gasteiger partial charge in [-0.15, -0.1) is 0 Å². The first kappa shape index (κ1) is 10.7. The van der Waals surface area contributed by atoms with Crippen LogP contribution >= 0.6 is 0 Å². The Hall–Kier alpha value is -1.36. The number of nitrogen functional groups attached to an aromatic ring is 1. The number of aromatic nitrogens is 2. The van der Waals surface area contributed by atoms with Crippen molar-refractivity contribution in [2.24, 2.45) is 0 Å². The van der Waals surface area contributed by atoms with E-state index in [1.165, 1.54) is 6.33 Å². The Kier molecular flexibility index (Phi) is 3.64. The van der Waals surface area contributed by atoms with E-state index in [0.29, 0.717) is 5.82 Å². The minimum Gasteiger partial charge on any atom is -0.383 e. The SMILES string of the molecule is Cc1c(N)ncnc1NCCN(C)C. The van der Waals surface area contributed by atoms with Crippen molar-refractivity contribution in [3.63, 3.8) is 0 Å². The van der Waals surface area contributed by atoms with Crippen LogP contribution in [-0.2, 0) is 0 Å². The highest BCUT2D eigenvalue weighted by molar-refractivity contribution is 5.53. The maximum absolute atomic E-state index is 5.65. The molecule has 1 heterocycles. The Morgan fingerprint density at radius 2 is 2.14 bits per heavy atom. The third-order valence-corrected chi connectivity index (χ3v) is 1.97. The Morgan fingerprint density at radius 3 is 2.79 bits per heavy atom. The van der Waals surface area contributed by atoms with Crippen LogP contribution in [0.5, 0.6) is 0 Å². The smallest absolute Gasteiger partial charge is 0.134 e. The van der Waals surface area contributed by atoms with E-state index in [4.69, 9.17) is 5.73 Å². The lowest BCUT2D eigenvalue weighted by Crippen LogP contribution is -2.21. The second-order valence-corrected chi connectivity index (χ2v) is 3.46. The molecule has 0 fully saturated rings. The summed E-state index contributed by atoms with van der Waals surface area (Å²) in [5.41, 5.74) is 6.56. The molecule has 0 amide bonds. The highest BCUT2D eigenvalue weighted by Crippen LogP contribution is 2.14. The number of rotatable bonds is 4. The first-order valence-electron chi connectivity index (χ1n) is 4.57. The monoisotopic (exact) mass is 195 g/mol. The van der Waals surface area contributed by atoms with Gasteiger partial charge in [0, 0.05) is 18.7 Å². The van der Waals surface area contributed by atoms with Gasteiger partial charge in [-0.2, -0.15) is 0 Å². The molecule has 0 spiro atoms. The maximum atomic E-state index is 5.65. The molecule has 0 saturated carbocycles. The quantitative estimate of drug-likeness (QED) is 0.725. The minimum absolute atomic E-state index is 0.535. The molecule has 5 nitrogen and oxygen atoms in total. The Balaban J connectivity index is 2.54. The summed E-state index contributed by atoms with van der Waals surface area (Å²) >= 11 is 0. The highest BCUT2D eigenvalue weighted by atomic mass is 15.1. The number of anilines is 2. The first-order valence-corrected chi connectivity index (χ1v) is 4.57. The van der Waals surface area contributed by atoms with Gasteiger partial charge in [-0.05, 0) is 21.0 Å². The van der Waals surface area contributed by atoms with E-state index in [2.05, 4.69) is 20.2 Å². The second kappa shape index (κ2) is 4.76. The van der Waals surface area contributed by atoms with Crippen molar-refractivity contribution in [2.75, 3.05) is 38.2 Å². The van der Waals surface area contributed by atoms with E-state index in [9.17, 15) is 0 Å². The summed E-state index contributed by atoms with van der Waals surface area (Å²) in [7, 11) is 4.06. The molecular weight excluding hydrogens is 178 g/mol. The molecule has 0 unspecified atom stereocenters. The topological polar surface area (TPSA) is 67.1 Å². The minimum atomic E-state index is 0.535. The average Bonchev–Trinajstić information content (AvgIpc) is 2.12. The normalized spacial score (nSPS) is 10.6. The predicted molar refractivity (Wildman–Crippen MR) is 58.2 cm³/mol. The molecule has 3 N–H and O–H groups in total. The fourth-order valence-corrected chi connectivity index (χ4v) is 1.04. The van der Waals surface area contributed by atoms with E-state index < -0.39 is 0 Å². The molecular formula is C9H17N5. The van der Waals surface area contributed by atoms with Gasteiger partial charge in [-0.3, -0.25) is 0 Å². The number of likely N-dealkylation sites (N-methyl/N-ethyl adjacent to an activating group) is 1. The number of nitrogens with one attached hydrogen (secondary N) is 1. The molecule has 0 aromatic carbocycles. The third-order valence-electron chi connectivity index (χ3n) is 1.97. The number of hydrogen-bond donors (Lipinski definition) is 2. The van der Waals surface area contributed by atoms with Crippen molar-refractivity contribution in [1.82, 2.24) is 14.9 Å². The maximum Gasteiger partial charge on any atom is 0.134 e. The van der Waals surface area contributed by atoms with Crippen LogP contribution in [0.2, 0.25) is 0 Å². The molecule has 78 valence electrons. The predicted octanol–water partition coefficient (Wildman–Crippen LogP) is 0.341. The fourth-order valence-electron chi connectivity index (χ4n) is 1.04. The molecule has 0 aliphatic carbocycles. The van der Waals surface area contributed by atoms with Crippen LogP contribution in [0.25, 0.3) is 0 Å². The zero-order chi connectivity index (χ0) is 10.6. The zero-order valence-corrected chi connectivity index (χ0v) is 8.91. The Bertz CT molecular complexity index is 297. The van der Waals surface area contributed by atoms with Crippen molar-refractivity contribution in [3.8, 4) is 0 Å². The molecule has 0 radical (unpaired) electrons. The van der Waals surface area contributed by atoms with Gasteiger partial charge in [0.15, 0.2) is 0 Å². The van der Waals surface area contributed by atoms with Gasteiger partial charge in [0.2, 0.25) is 0 Å². The summed E-state index contributed by atoms with van der Waals surface area (Å²) in [4.78, 5) is 10.1. The Labute approximate surface area is 84.3 Å². The van der Waals surface area contributed by atoms with Crippen molar-refractivity contribution in [2.45, 2.75) is 6.92 Å². The lowest BCUT2D eigenvalue weighted by Gasteiger charge is -2.12. The first-order chi connectivity index (χ1) is 6.61. The molecule has 0 aliphatic rings. The molecule has 14 heavy (non-hydrogen) atoms. The summed E-state index contributed by atoms with van der Waals surface area (Å²) in [6, 6.07) is 0. The van der Waals surface area contributed by atoms with Gasteiger partial charge in [-0.25, -0.2) is 9.97 Å². The second-order valence-electron chi connectivity index (χ2n) is 3.46. The van der Waals surface area contributed by atoms with Crippen LogP contribution in [-0.4, -0.2) is 42.1 Å². The van der Waals surface area contributed by atoms with Crippen LogP contribution in [0.3, 0.4) is 0 Å². The van der Waals surface area contributed by atoms with Crippen LogP contribution in [0.1, 0.15) is 5.56 Å². The summed E-state index contributed by atoms with van der Waals surface area (Å²) in [6.07, 6.45) is 1.47. The summed E-state index contributed by atoms with van der Waals surface area (Å²) in [6.45, 7) is 3.72. The van der Waals surface area contributed by atoms with Crippen LogP contribution < -0.4 is 11.1 Å². The lowest BCUT2D eigenvalue weighted by molar-refractivity contribution is 0.425. The fraction of sp³-hybridized carbons (Fsp3) is 0.556. The molecule has 0 saturated heterocycles. The van der Waals surface area contributed by atoms with Crippen LogP contribution in [0.15, 0.2) is 6.33 Å². The molecule has 1 aromatic rings. The molecule has 0 aliphatic heterocycles. The van der Waals surface area contributed by atoms with Crippen LogP contribution in [0, 0.1) is 6.92 Å². The van der Waals surface area contributed by atoms with E-state index in [1.54, 1.807) is 0 Å². The van der Waals surface area contributed by atoms with Crippen molar-refractivity contribution < 1.29 is 0 Å². The Morgan fingerprint density at radius 1 is 1.43 bits per heavy atom. The van der Waals surface area contributed by atoms with Crippen molar-refractivity contribution >= 4 is 11.6 Å². The number of nitrogens with zero attached hydrogens (tertiary/aromatic N) is 3. The molecule has 1 rings (SSSR count). The molecule has 5 heteroatoms. The van der Waals surface area contributed by atoms with Gasteiger partial charge >= 0.3 is 0 Å². The molecule has 1 aromatic heterocycles. The zero-order valence-electron chi connectivity index (χ0n) is 8.91. The van der Waals surface area contributed by atoms with Gasteiger partial charge in [0.25, 0.3) is 0 Å². The third kappa shape index (κ3) is 2.85. The van der Waals surface area contributed by atoms with Gasteiger partial charge in [0.05, 0.1) is 0 Å². The van der Waals surface area contributed by atoms with Crippen molar-refractivity contribution in [3.05, 3.63) is 11.9 Å². The lowest BCUT2D eigenvalue weighted by atomic mass is 10.3. The summed E-state index contributed by atoms with van der Waals surface area (Å²) in [5, 5.41) is 3.21.